The first-order valence-electron chi connectivity index (χ1n) is 6.94. The van der Waals surface area contributed by atoms with Crippen LogP contribution in [-0.2, 0) is 4.79 Å². The van der Waals surface area contributed by atoms with Crippen LogP contribution in [0.1, 0.15) is 43.0 Å². The van der Waals surface area contributed by atoms with Crippen LogP contribution in [0.5, 0.6) is 0 Å². The molecule has 0 aromatic carbocycles. The molecule has 7 heteroatoms. The van der Waals surface area contributed by atoms with Crippen molar-refractivity contribution < 1.29 is 23.1 Å². The summed E-state index contributed by atoms with van der Waals surface area (Å²) in [5.41, 5.74) is 0. The van der Waals surface area contributed by atoms with Crippen LogP contribution in [0.3, 0.4) is 0 Å². The van der Waals surface area contributed by atoms with Gasteiger partial charge >= 0.3 is 12.1 Å². The number of carboxylic acids is 1. The fraction of sp³-hybridized carbons (Fsp3) is 0.643. The average molecular weight is 321 g/mol. The van der Waals surface area contributed by atoms with E-state index >= 15 is 0 Å². The van der Waals surface area contributed by atoms with E-state index in [2.05, 4.69) is 5.32 Å². The number of rotatable bonds is 5. The molecule has 1 aromatic rings. The molecule has 0 saturated heterocycles. The summed E-state index contributed by atoms with van der Waals surface area (Å²) in [6.07, 6.45) is -3.06. The van der Waals surface area contributed by atoms with Gasteiger partial charge in [-0.05, 0) is 37.1 Å². The van der Waals surface area contributed by atoms with Crippen molar-refractivity contribution in [2.24, 2.45) is 5.92 Å². The van der Waals surface area contributed by atoms with Crippen LogP contribution in [0.25, 0.3) is 0 Å². The lowest BCUT2D eigenvalue weighted by Crippen LogP contribution is -2.39. The first kappa shape index (κ1) is 16.3. The average Bonchev–Trinajstić information content (AvgIpc) is 2.90. The van der Waals surface area contributed by atoms with Crippen molar-refractivity contribution in [3.63, 3.8) is 0 Å². The molecule has 0 radical (unpaired) electrons. The van der Waals surface area contributed by atoms with E-state index < -0.39 is 18.1 Å². The molecule has 2 N–H and O–H groups in total. The summed E-state index contributed by atoms with van der Waals surface area (Å²) >= 11 is 1.46. The van der Waals surface area contributed by atoms with E-state index in [0.29, 0.717) is 12.8 Å². The van der Waals surface area contributed by atoms with Crippen molar-refractivity contribution in [2.45, 2.75) is 50.4 Å². The summed E-state index contributed by atoms with van der Waals surface area (Å²) in [5.74, 6) is -2.12. The summed E-state index contributed by atoms with van der Waals surface area (Å²) in [7, 11) is 0. The number of halogens is 3. The van der Waals surface area contributed by atoms with Gasteiger partial charge in [-0.2, -0.15) is 13.2 Å². The van der Waals surface area contributed by atoms with Crippen molar-refractivity contribution in [1.29, 1.82) is 0 Å². The molecule has 1 aromatic heterocycles. The lowest BCUT2D eigenvalue weighted by molar-refractivity contribution is -0.182. The number of hydrogen-bond acceptors (Lipinski definition) is 3. The lowest BCUT2D eigenvalue weighted by Gasteiger charge is -2.32. The van der Waals surface area contributed by atoms with E-state index in [1.165, 1.54) is 11.3 Å². The number of aliphatic carboxylic acids is 1. The maximum Gasteiger partial charge on any atom is 0.391 e. The Morgan fingerprint density at radius 2 is 2.05 bits per heavy atom. The lowest BCUT2D eigenvalue weighted by atomic mass is 9.85. The number of thiophene rings is 1. The summed E-state index contributed by atoms with van der Waals surface area (Å²) in [6, 6.07) is 3.33. The SMILES string of the molecule is O=C(O)CC(NC1CCC(C(F)(F)F)CC1)c1cccs1. The van der Waals surface area contributed by atoms with Gasteiger partial charge in [0, 0.05) is 10.9 Å². The second kappa shape index (κ2) is 6.79. The van der Waals surface area contributed by atoms with Crippen LogP contribution < -0.4 is 5.32 Å². The Morgan fingerprint density at radius 3 is 2.52 bits per heavy atom. The third-order valence-corrected chi connectivity index (χ3v) is 4.88. The van der Waals surface area contributed by atoms with E-state index in [1.54, 1.807) is 0 Å². The van der Waals surface area contributed by atoms with Gasteiger partial charge in [-0.1, -0.05) is 6.07 Å². The molecule has 1 atom stereocenters. The Kier molecular flexibility index (Phi) is 5.27. The molecule has 0 spiro atoms. The molecule has 1 fully saturated rings. The predicted octanol–water partition coefficient (Wildman–Crippen LogP) is 3.97. The summed E-state index contributed by atoms with van der Waals surface area (Å²) in [4.78, 5) is 11.9. The van der Waals surface area contributed by atoms with Gasteiger partial charge in [0.25, 0.3) is 0 Å². The zero-order valence-corrected chi connectivity index (χ0v) is 12.2. The van der Waals surface area contributed by atoms with Gasteiger partial charge < -0.3 is 10.4 Å². The maximum absolute atomic E-state index is 12.6. The highest BCUT2D eigenvalue weighted by Gasteiger charge is 2.41. The Balaban J connectivity index is 1.92. The minimum absolute atomic E-state index is 0.0463. The van der Waals surface area contributed by atoms with E-state index in [4.69, 9.17) is 5.11 Å². The molecule has 1 heterocycles. The van der Waals surface area contributed by atoms with Gasteiger partial charge in [-0.15, -0.1) is 11.3 Å². The minimum Gasteiger partial charge on any atom is -0.481 e. The smallest absolute Gasteiger partial charge is 0.391 e. The van der Waals surface area contributed by atoms with Crippen LogP contribution in [0.15, 0.2) is 17.5 Å². The quantitative estimate of drug-likeness (QED) is 0.862. The Morgan fingerprint density at radius 1 is 1.38 bits per heavy atom. The maximum atomic E-state index is 12.6. The Bertz CT molecular complexity index is 453. The van der Waals surface area contributed by atoms with Crippen molar-refractivity contribution in [2.75, 3.05) is 0 Å². The summed E-state index contributed by atoms with van der Waals surface area (Å²) in [5, 5.41) is 14.1. The molecule has 21 heavy (non-hydrogen) atoms. The summed E-state index contributed by atoms with van der Waals surface area (Å²) in [6.45, 7) is 0. The Labute approximate surface area is 125 Å². The number of hydrogen-bond donors (Lipinski definition) is 2. The number of nitrogens with one attached hydrogen (secondary N) is 1. The van der Waals surface area contributed by atoms with Gasteiger partial charge in [-0.25, -0.2) is 0 Å². The molecule has 1 aliphatic rings. The Hall–Kier alpha value is -1.08. The van der Waals surface area contributed by atoms with Crippen LogP contribution in [0.2, 0.25) is 0 Å². The molecule has 1 aliphatic carbocycles. The predicted molar refractivity (Wildman–Crippen MR) is 74.2 cm³/mol. The van der Waals surface area contributed by atoms with Gasteiger partial charge in [-0.3, -0.25) is 4.79 Å². The van der Waals surface area contributed by atoms with Gasteiger partial charge in [0.2, 0.25) is 0 Å². The summed E-state index contributed by atoms with van der Waals surface area (Å²) < 4.78 is 37.9. The molecule has 0 amide bonds. The van der Waals surface area contributed by atoms with Crippen LogP contribution in [0.4, 0.5) is 13.2 Å². The number of alkyl halides is 3. The minimum atomic E-state index is -4.11. The molecule has 1 saturated carbocycles. The fourth-order valence-electron chi connectivity index (χ4n) is 2.78. The number of carbonyl (C=O) groups is 1. The topological polar surface area (TPSA) is 49.3 Å². The van der Waals surface area contributed by atoms with Gasteiger partial charge in [0.1, 0.15) is 0 Å². The van der Waals surface area contributed by atoms with E-state index in [-0.39, 0.29) is 31.3 Å². The largest absolute Gasteiger partial charge is 0.481 e. The fourth-order valence-corrected chi connectivity index (χ4v) is 3.56. The molecule has 2 rings (SSSR count). The normalized spacial score (nSPS) is 24.7. The molecule has 0 bridgehead atoms. The van der Waals surface area contributed by atoms with E-state index in [1.807, 2.05) is 17.5 Å². The van der Waals surface area contributed by atoms with Crippen molar-refractivity contribution in [3.05, 3.63) is 22.4 Å². The second-order valence-electron chi connectivity index (χ2n) is 5.42. The highest BCUT2D eigenvalue weighted by Crippen LogP contribution is 2.38. The van der Waals surface area contributed by atoms with Crippen molar-refractivity contribution >= 4 is 17.3 Å². The first-order chi connectivity index (χ1) is 9.86. The van der Waals surface area contributed by atoms with E-state index in [0.717, 1.165) is 4.88 Å². The molecule has 0 aliphatic heterocycles. The van der Waals surface area contributed by atoms with Crippen LogP contribution in [0, 0.1) is 5.92 Å². The molecule has 1 unspecified atom stereocenters. The standard InChI is InChI=1S/C14H18F3NO2S/c15-14(16,17)9-3-5-10(6-4-9)18-11(8-13(19)20)12-2-1-7-21-12/h1-2,7,9-11,18H,3-6,8H2,(H,19,20). The first-order valence-corrected chi connectivity index (χ1v) is 7.82. The monoisotopic (exact) mass is 321 g/mol. The van der Waals surface area contributed by atoms with Crippen LogP contribution >= 0.6 is 11.3 Å². The zero-order chi connectivity index (χ0) is 15.5. The van der Waals surface area contributed by atoms with Crippen molar-refractivity contribution in [3.8, 4) is 0 Å². The molecular weight excluding hydrogens is 303 g/mol. The zero-order valence-electron chi connectivity index (χ0n) is 11.4. The molecule has 3 nitrogen and oxygen atoms in total. The molecular formula is C14H18F3NO2S. The van der Waals surface area contributed by atoms with Gasteiger partial charge in [0.15, 0.2) is 0 Å². The van der Waals surface area contributed by atoms with Crippen LogP contribution in [-0.4, -0.2) is 23.3 Å². The highest BCUT2D eigenvalue weighted by atomic mass is 32.1. The second-order valence-corrected chi connectivity index (χ2v) is 6.40. The molecule has 118 valence electrons. The van der Waals surface area contributed by atoms with E-state index in [9.17, 15) is 18.0 Å². The van der Waals surface area contributed by atoms with Gasteiger partial charge in [0.05, 0.1) is 18.4 Å². The third kappa shape index (κ3) is 4.71. The number of carboxylic acid groups (broad SMARTS) is 1. The van der Waals surface area contributed by atoms with Crippen molar-refractivity contribution in [1.82, 2.24) is 5.32 Å². The third-order valence-electron chi connectivity index (χ3n) is 3.89. The highest BCUT2D eigenvalue weighted by molar-refractivity contribution is 7.10.